The average Bonchev–Trinajstić information content (AvgIpc) is 2.49. The van der Waals surface area contributed by atoms with Crippen molar-refractivity contribution in [2.24, 2.45) is 15.4 Å². The van der Waals surface area contributed by atoms with E-state index >= 15 is 0 Å². The third kappa shape index (κ3) is 4.01. The van der Waals surface area contributed by atoms with Crippen molar-refractivity contribution < 1.29 is 0 Å². The molecule has 2 aliphatic rings. The second-order valence-corrected chi connectivity index (χ2v) is 5.81. The molecule has 0 bridgehead atoms. The molecule has 8 heteroatoms. The number of allylic oxidation sites excluding steroid dienone is 8. The molecule has 0 saturated carbocycles. The van der Waals surface area contributed by atoms with Gasteiger partial charge < -0.3 is 10.6 Å². The van der Waals surface area contributed by atoms with Crippen LogP contribution in [-0.2, 0) is 19.8 Å². The van der Waals surface area contributed by atoms with Crippen molar-refractivity contribution in [3.05, 3.63) is 59.2 Å². The Bertz CT molecular complexity index is 724. The first-order valence-corrected chi connectivity index (χ1v) is 7.61. The third-order valence-electron chi connectivity index (χ3n) is 2.23. The number of hydrogen-bond acceptors (Lipinski definition) is 3. The predicted octanol–water partition coefficient (Wildman–Crippen LogP) is 2.25. The Labute approximate surface area is 121 Å². The highest BCUT2D eigenvalue weighted by molar-refractivity contribution is 8.25. The Kier molecular flexibility index (Phi) is 5.00. The van der Waals surface area contributed by atoms with Crippen LogP contribution in [0.5, 0.6) is 0 Å². The first-order chi connectivity index (χ1) is 9.81. The van der Waals surface area contributed by atoms with Gasteiger partial charge in [-0.25, -0.2) is 0 Å². The lowest BCUT2D eigenvalue weighted by Gasteiger charge is -2.02. The van der Waals surface area contributed by atoms with E-state index in [4.69, 9.17) is 10.9 Å². The molecule has 0 spiro atoms. The molecule has 0 aromatic heterocycles. The molecule has 0 atom stereocenters. The van der Waals surface area contributed by atoms with Gasteiger partial charge in [0.15, 0.2) is 10.8 Å². The molecule has 0 heterocycles. The zero-order chi connectivity index (χ0) is 14.2. The smallest absolute Gasteiger partial charge is 0.339 e. The van der Waals surface area contributed by atoms with Crippen LogP contribution in [0.3, 0.4) is 0 Å². The molecule has 0 unspecified atom stereocenters. The second kappa shape index (κ2) is 7.18. The second-order valence-electron chi connectivity index (χ2n) is 3.53. The fourth-order valence-electron chi connectivity index (χ4n) is 1.34. The maximum atomic E-state index is 8.32. The first-order valence-electron chi connectivity index (χ1n) is 5.46. The molecule has 0 N–H and O–H groups in total. The van der Waals surface area contributed by atoms with Crippen LogP contribution in [-0.4, -0.2) is 21.2 Å². The average molecular weight is 300 g/mol. The molecule has 0 aromatic carbocycles. The lowest BCUT2D eigenvalue weighted by molar-refractivity contribution is 1.22. The van der Waals surface area contributed by atoms with E-state index in [1.54, 1.807) is 44.1 Å². The van der Waals surface area contributed by atoms with Gasteiger partial charge in [0.05, 0.1) is 0 Å². The Morgan fingerprint density at radius 2 is 1.35 bits per heavy atom. The van der Waals surface area contributed by atoms with Gasteiger partial charge in [-0.1, -0.05) is 32.0 Å². The zero-order valence-corrected chi connectivity index (χ0v) is 11.8. The minimum absolute atomic E-state index is 0.598. The van der Waals surface area contributed by atoms with Gasteiger partial charge in [0.1, 0.15) is 0 Å². The van der Waals surface area contributed by atoms with Crippen LogP contribution in [0, 0.1) is 5.39 Å². The van der Waals surface area contributed by atoms with E-state index in [-0.39, 0.29) is 0 Å². The topological polar surface area (TPSA) is 87.5 Å². The van der Waals surface area contributed by atoms with Gasteiger partial charge in [-0.3, -0.25) is 5.22 Å². The number of hydrogen-bond donors (Lipinski definition) is 0. The van der Waals surface area contributed by atoms with Crippen molar-refractivity contribution in [2.75, 3.05) is 0 Å². The Hall–Kier alpha value is -2.50. The molecular weight excluding hydrogens is 292 g/mol. The Balaban J connectivity index is 2.23. The summed E-state index contributed by atoms with van der Waals surface area (Å²) in [4.78, 5) is 2.12. The Morgan fingerprint density at radius 1 is 0.850 bits per heavy atom. The highest BCUT2D eigenvalue weighted by Gasteiger charge is 2.01. The molecule has 0 saturated heterocycles. The highest BCUT2D eigenvalue weighted by Crippen LogP contribution is 1.98. The number of diazo groups is 1. The van der Waals surface area contributed by atoms with Crippen LogP contribution < -0.4 is 0 Å². The molecule has 20 heavy (non-hydrogen) atoms. The van der Waals surface area contributed by atoms with Gasteiger partial charge in [-0.05, 0) is 42.2 Å². The van der Waals surface area contributed by atoms with Gasteiger partial charge in [0.25, 0.3) is 5.39 Å². The molecule has 0 aliphatic heterocycles. The van der Waals surface area contributed by atoms with E-state index < -0.39 is 0 Å². The number of rotatable bonds is 1. The van der Waals surface area contributed by atoms with E-state index in [0.29, 0.717) is 11.4 Å². The molecule has 2 rings (SSSR count). The Morgan fingerprint density at radius 3 is 1.80 bits per heavy atom. The van der Waals surface area contributed by atoms with Crippen LogP contribution in [0.4, 0.5) is 0 Å². The van der Waals surface area contributed by atoms with Crippen molar-refractivity contribution in [1.29, 1.82) is 5.39 Å². The highest BCUT2D eigenvalue weighted by atomic mass is 32.8. The van der Waals surface area contributed by atoms with Crippen molar-refractivity contribution in [1.82, 2.24) is 0 Å². The summed E-state index contributed by atoms with van der Waals surface area (Å²) in [6.07, 6.45) is 14.7. The zero-order valence-electron chi connectivity index (χ0n) is 10.1. The normalized spacial score (nSPS) is 15.9. The summed E-state index contributed by atoms with van der Waals surface area (Å²) in [6, 6.07) is 0. The van der Waals surface area contributed by atoms with Crippen LogP contribution >= 0.6 is 0 Å². The molecular formula is C12H8N6S2. The van der Waals surface area contributed by atoms with Gasteiger partial charge in [-0.15, -0.1) is 0 Å². The summed E-state index contributed by atoms with van der Waals surface area (Å²) >= 11 is 0. The molecule has 0 aromatic rings. The molecule has 0 radical (unpaired) electrons. The van der Waals surface area contributed by atoms with Crippen LogP contribution in [0.25, 0.3) is 10.6 Å². The van der Waals surface area contributed by atoms with E-state index in [2.05, 4.69) is 20.5 Å². The van der Waals surface area contributed by atoms with Crippen molar-refractivity contribution in [3.8, 4) is 0 Å². The quantitative estimate of drug-likeness (QED) is 0.316. The van der Waals surface area contributed by atoms with E-state index in [9.17, 15) is 0 Å². The predicted molar refractivity (Wildman–Crippen MR) is 87.0 cm³/mol. The van der Waals surface area contributed by atoms with E-state index in [1.807, 2.05) is 24.3 Å². The largest absolute Gasteiger partial charge is 0.362 e. The molecule has 98 valence electrons. The SMILES string of the molecule is N#[N+]N=C1C=CC(=S=S=C2C=CC(=NN=[N-])C=C2)C=C1. The number of nitrogens with zero attached hydrogens (tertiary/aromatic N) is 6. The molecule has 2 aliphatic carbocycles. The fraction of sp³-hybridized carbons (Fsp3) is 0. The summed E-state index contributed by atoms with van der Waals surface area (Å²) in [7, 11) is 3.20. The minimum atomic E-state index is 0.598. The summed E-state index contributed by atoms with van der Waals surface area (Å²) in [6.45, 7) is 0. The lowest BCUT2D eigenvalue weighted by Crippen LogP contribution is -2.00. The molecule has 6 nitrogen and oxygen atoms in total. The summed E-state index contributed by atoms with van der Waals surface area (Å²) in [5, 5.41) is 20.8. The van der Waals surface area contributed by atoms with Crippen molar-refractivity contribution in [3.63, 3.8) is 0 Å². The minimum Gasteiger partial charge on any atom is -0.362 e. The van der Waals surface area contributed by atoms with Crippen molar-refractivity contribution >= 4 is 41.0 Å². The fourth-order valence-corrected chi connectivity index (χ4v) is 3.27. The summed E-state index contributed by atoms with van der Waals surface area (Å²) in [5.41, 5.74) is 9.52. The van der Waals surface area contributed by atoms with Crippen molar-refractivity contribution in [2.45, 2.75) is 0 Å². The van der Waals surface area contributed by atoms with Gasteiger partial charge in [-0.2, -0.15) is 0 Å². The van der Waals surface area contributed by atoms with Crippen LogP contribution in [0.15, 0.2) is 64.0 Å². The van der Waals surface area contributed by atoms with Gasteiger partial charge in [0.2, 0.25) is 0 Å². The van der Waals surface area contributed by atoms with E-state index in [0.717, 1.165) is 9.73 Å². The van der Waals surface area contributed by atoms with Gasteiger partial charge >= 0.3 is 5.08 Å². The maximum absolute atomic E-state index is 8.32. The van der Waals surface area contributed by atoms with Crippen LogP contribution in [0.2, 0.25) is 0 Å². The summed E-state index contributed by atoms with van der Waals surface area (Å²) in [5.74, 6) is 0. The molecule has 0 fully saturated rings. The first kappa shape index (κ1) is 13.9. The van der Waals surface area contributed by atoms with E-state index in [1.165, 1.54) is 0 Å². The standard InChI is InChI=1S/C12H8N6S2/c13-17-15-9-1-5-11(6-2-9)19-20-12-7-3-10(4-8-12)16-18-14/h1-8H. The van der Waals surface area contributed by atoms with Crippen LogP contribution in [0.1, 0.15) is 0 Å². The monoisotopic (exact) mass is 300 g/mol. The lowest BCUT2D eigenvalue weighted by atomic mass is 10.2. The third-order valence-corrected chi connectivity index (χ3v) is 4.65. The molecule has 0 amide bonds. The maximum Gasteiger partial charge on any atom is 0.339 e. The van der Waals surface area contributed by atoms with Gasteiger partial charge in [0, 0.05) is 9.73 Å². The summed E-state index contributed by atoms with van der Waals surface area (Å²) < 4.78 is 0.